The van der Waals surface area contributed by atoms with Crippen LogP contribution in [0.2, 0.25) is 0 Å². The molecule has 1 aliphatic rings. The second-order valence-corrected chi connectivity index (χ2v) is 6.49. The van der Waals surface area contributed by atoms with Gasteiger partial charge in [-0.25, -0.2) is 22.4 Å². The van der Waals surface area contributed by atoms with Crippen LogP contribution >= 0.6 is 0 Å². The summed E-state index contributed by atoms with van der Waals surface area (Å²) in [5.74, 6) is -3.23. The average Bonchev–Trinajstić information content (AvgIpc) is 3.33. The summed E-state index contributed by atoms with van der Waals surface area (Å²) in [5.41, 5.74) is -0.203. The molecule has 1 N–H and O–H groups in total. The van der Waals surface area contributed by atoms with E-state index in [1.807, 2.05) is 0 Å². The van der Waals surface area contributed by atoms with E-state index in [9.17, 15) is 22.4 Å². The SMILES string of the molecule is O=C(Nc1ccc(F)cc1F)N1CCC[C@@H]1c1nc(-c2ccc(F)cc2F)no1. The number of nitrogens with zero attached hydrogens (tertiary/aromatic N) is 3. The Morgan fingerprint density at radius 3 is 2.52 bits per heavy atom. The number of anilines is 1. The molecule has 0 bridgehead atoms. The summed E-state index contributed by atoms with van der Waals surface area (Å²) in [6.45, 7) is 0.349. The number of halogens is 4. The monoisotopic (exact) mass is 406 g/mol. The first kappa shape index (κ1) is 18.9. The maximum absolute atomic E-state index is 13.9. The number of rotatable bonds is 3. The molecule has 0 aliphatic carbocycles. The molecule has 2 amide bonds. The first-order chi connectivity index (χ1) is 13.9. The molecule has 4 rings (SSSR count). The minimum Gasteiger partial charge on any atom is -0.337 e. The fourth-order valence-electron chi connectivity index (χ4n) is 3.20. The van der Waals surface area contributed by atoms with Crippen molar-refractivity contribution in [3.05, 3.63) is 65.6 Å². The lowest BCUT2D eigenvalue weighted by Crippen LogP contribution is -2.34. The fraction of sp³-hybridized carbons (Fsp3) is 0.211. The minimum absolute atomic E-state index is 0.0382. The van der Waals surface area contributed by atoms with Crippen molar-refractivity contribution >= 4 is 11.7 Å². The van der Waals surface area contributed by atoms with Gasteiger partial charge in [-0.3, -0.25) is 0 Å². The predicted octanol–water partition coefficient (Wildman–Crippen LogP) is 4.66. The van der Waals surface area contributed by atoms with E-state index in [4.69, 9.17) is 4.52 Å². The molecular weight excluding hydrogens is 392 g/mol. The Morgan fingerprint density at radius 2 is 1.79 bits per heavy atom. The lowest BCUT2D eigenvalue weighted by Gasteiger charge is -2.22. The Hall–Kier alpha value is -3.43. The van der Waals surface area contributed by atoms with Gasteiger partial charge in [0.15, 0.2) is 0 Å². The maximum atomic E-state index is 13.9. The van der Waals surface area contributed by atoms with Crippen LogP contribution in [0.15, 0.2) is 40.9 Å². The van der Waals surface area contributed by atoms with Crippen molar-refractivity contribution in [1.82, 2.24) is 15.0 Å². The van der Waals surface area contributed by atoms with Crippen LogP contribution in [0.1, 0.15) is 24.8 Å². The molecule has 1 fully saturated rings. The van der Waals surface area contributed by atoms with Gasteiger partial charge >= 0.3 is 6.03 Å². The van der Waals surface area contributed by atoms with Gasteiger partial charge in [0.25, 0.3) is 0 Å². The van der Waals surface area contributed by atoms with Crippen molar-refractivity contribution in [3.8, 4) is 11.4 Å². The molecular formula is C19H14F4N4O2. The molecule has 3 aromatic rings. The zero-order valence-corrected chi connectivity index (χ0v) is 14.8. The summed E-state index contributed by atoms with van der Waals surface area (Å²) in [4.78, 5) is 18.1. The van der Waals surface area contributed by atoms with E-state index in [0.717, 1.165) is 18.2 Å². The summed E-state index contributed by atoms with van der Waals surface area (Å²) in [6, 6.07) is 4.57. The Balaban J connectivity index is 1.54. The van der Waals surface area contributed by atoms with Crippen molar-refractivity contribution in [2.24, 2.45) is 0 Å². The number of carbonyl (C=O) groups excluding carboxylic acids is 1. The van der Waals surface area contributed by atoms with Gasteiger partial charge in [0.1, 0.15) is 29.3 Å². The van der Waals surface area contributed by atoms with Crippen LogP contribution < -0.4 is 5.32 Å². The lowest BCUT2D eigenvalue weighted by atomic mass is 10.2. The third-order valence-corrected chi connectivity index (χ3v) is 4.59. The third-order valence-electron chi connectivity index (χ3n) is 4.59. The van der Waals surface area contributed by atoms with Gasteiger partial charge in [0.2, 0.25) is 11.7 Å². The minimum atomic E-state index is -0.902. The Kier molecular flexibility index (Phi) is 4.91. The van der Waals surface area contributed by atoms with Crippen molar-refractivity contribution < 1.29 is 26.9 Å². The van der Waals surface area contributed by atoms with Crippen LogP contribution in [0.25, 0.3) is 11.4 Å². The van der Waals surface area contributed by atoms with E-state index >= 15 is 0 Å². The lowest BCUT2D eigenvalue weighted by molar-refractivity contribution is 0.193. The highest BCUT2D eigenvalue weighted by molar-refractivity contribution is 5.89. The fourth-order valence-corrected chi connectivity index (χ4v) is 3.20. The molecule has 10 heteroatoms. The van der Waals surface area contributed by atoms with Gasteiger partial charge in [-0.1, -0.05) is 5.16 Å². The van der Waals surface area contributed by atoms with Crippen molar-refractivity contribution in [2.75, 3.05) is 11.9 Å². The second kappa shape index (κ2) is 7.53. The number of nitrogens with one attached hydrogen (secondary N) is 1. The number of hydrogen-bond acceptors (Lipinski definition) is 4. The first-order valence-electron chi connectivity index (χ1n) is 8.74. The van der Waals surface area contributed by atoms with Gasteiger partial charge in [-0.15, -0.1) is 0 Å². The van der Waals surface area contributed by atoms with Crippen LogP contribution in [0, 0.1) is 23.3 Å². The molecule has 6 nitrogen and oxygen atoms in total. The number of carbonyl (C=O) groups is 1. The second-order valence-electron chi connectivity index (χ2n) is 6.49. The van der Waals surface area contributed by atoms with Gasteiger partial charge < -0.3 is 14.7 Å². The predicted molar refractivity (Wildman–Crippen MR) is 93.7 cm³/mol. The maximum Gasteiger partial charge on any atom is 0.322 e. The zero-order valence-electron chi connectivity index (χ0n) is 14.8. The Labute approximate surface area is 162 Å². The number of benzene rings is 2. The van der Waals surface area contributed by atoms with Crippen molar-refractivity contribution in [1.29, 1.82) is 0 Å². The molecule has 0 radical (unpaired) electrons. The highest BCUT2D eigenvalue weighted by Gasteiger charge is 2.34. The topological polar surface area (TPSA) is 71.3 Å². The van der Waals surface area contributed by atoms with Crippen LogP contribution in [0.5, 0.6) is 0 Å². The number of hydrogen-bond donors (Lipinski definition) is 1. The van der Waals surface area contributed by atoms with Gasteiger partial charge in [0, 0.05) is 18.7 Å². The number of aromatic nitrogens is 2. The summed E-state index contributed by atoms with van der Waals surface area (Å²) in [7, 11) is 0. The molecule has 0 unspecified atom stereocenters. The summed E-state index contributed by atoms with van der Waals surface area (Å²) < 4.78 is 59.0. The van der Waals surface area contributed by atoms with E-state index in [1.165, 1.54) is 11.0 Å². The Morgan fingerprint density at radius 1 is 1.07 bits per heavy atom. The number of amides is 2. The van der Waals surface area contributed by atoms with Gasteiger partial charge in [-0.2, -0.15) is 4.98 Å². The van der Waals surface area contributed by atoms with Crippen LogP contribution in [0.4, 0.5) is 28.0 Å². The third kappa shape index (κ3) is 3.78. The molecule has 0 spiro atoms. The first-order valence-corrected chi connectivity index (χ1v) is 8.74. The van der Waals surface area contributed by atoms with Crippen LogP contribution in [0.3, 0.4) is 0 Å². The van der Waals surface area contributed by atoms with E-state index in [2.05, 4.69) is 15.5 Å². The highest BCUT2D eigenvalue weighted by atomic mass is 19.1. The van der Waals surface area contributed by atoms with Crippen LogP contribution in [-0.4, -0.2) is 27.6 Å². The van der Waals surface area contributed by atoms with E-state index < -0.39 is 35.3 Å². The summed E-state index contributed by atoms with van der Waals surface area (Å²) in [6.07, 6.45) is 1.14. The molecule has 1 atom stereocenters. The van der Waals surface area contributed by atoms with E-state index in [0.29, 0.717) is 31.5 Å². The largest absolute Gasteiger partial charge is 0.337 e. The normalized spacial score (nSPS) is 16.3. The molecule has 2 aromatic carbocycles. The number of urea groups is 1. The summed E-state index contributed by atoms with van der Waals surface area (Å²) in [5, 5.41) is 6.10. The van der Waals surface area contributed by atoms with Gasteiger partial charge in [-0.05, 0) is 37.1 Å². The molecule has 1 saturated heterocycles. The molecule has 0 saturated carbocycles. The molecule has 1 aromatic heterocycles. The van der Waals surface area contributed by atoms with Gasteiger partial charge in [0.05, 0.1) is 11.3 Å². The number of likely N-dealkylation sites (tertiary alicyclic amines) is 1. The van der Waals surface area contributed by atoms with Crippen molar-refractivity contribution in [3.63, 3.8) is 0 Å². The van der Waals surface area contributed by atoms with E-state index in [-0.39, 0.29) is 23.0 Å². The highest BCUT2D eigenvalue weighted by Crippen LogP contribution is 2.33. The summed E-state index contributed by atoms with van der Waals surface area (Å²) >= 11 is 0. The smallest absolute Gasteiger partial charge is 0.322 e. The molecule has 1 aliphatic heterocycles. The van der Waals surface area contributed by atoms with E-state index in [1.54, 1.807) is 0 Å². The average molecular weight is 406 g/mol. The standard InChI is InChI=1S/C19H14F4N4O2/c20-10-3-5-12(13(22)8-10)17-25-18(29-26-17)16-2-1-7-27(16)19(28)24-15-6-4-11(21)9-14(15)23/h3-6,8-9,16H,1-2,7H2,(H,24,28)/t16-/m1/s1. The van der Waals surface area contributed by atoms with Crippen molar-refractivity contribution in [2.45, 2.75) is 18.9 Å². The molecule has 29 heavy (non-hydrogen) atoms. The quantitative estimate of drug-likeness (QED) is 0.642. The zero-order chi connectivity index (χ0) is 20.5. The van der Waals surface area contributed by atoms with Crippen LogP contribution in [-0.2, 0) is 0 Å². The Bertz CT molecular complexity index is 1070. The molecule has 150 valence electrons. The molecule has 2 heterocycles.